The Morgan fingerprint density at radius 2 is 1.54 bits per heavy atom. The molecule has 28 heavy (non-hydrogen) atoms. The second kappa shape index (κ2) is 6.32. The van der Waals surface area contributed by atoms with E-state index in [1.807, 2.05) is 4.98 Å². The van der Waals surface area contributed by atoms with Crippen LogP contribution in [0.25, 0.3) is 11.0 Å². The second-order valence-electron chi connectivity index (χ2n) is 5.74. The monoisotopic (exact) mass is 404 g/mol. The summed E-state index contributed by atoms with van der Waals surface area (Å²) in [6, 6.07) is 4.85. The molecule has 0 radical (unpaired) electrons. The first-order valence-corrected chi connectivity index (χ1v) is 7.48. The van der Waals surface area contributed by atoms with Gasteiger partial charge in [-0.3, -0.25) is 15.0 Å². The van der Waals surface area contributed by atoms with Gasteiger partial charge in [-0.2, -0.15) is 26.3 Å². The molecule has 0 aliphatic heterocycles. The van der Waals surface area contributed by atoms with Gasteiger partial charge in [-0.25, -0.2) is 4.68 Å². The molecule has 1 aromatic heterocycles. The average molecular weight is 404 g/mol. The Morgan fingerprint density at radius 3 is 2.07 bits per heavy atom. The fourth-order valence-electron chi connectivity index (χ4n) is 2.50. The maximum absolute atomic E-state index is 13.0. The lowest BCUT2D eigenvalue weighted by molar-refractivity contribution is -0.138. The maximum Gasteiger partial charge on any atom is 0.418 e. The molecule has 0 aliphatic rings. The van der Waals surface area contributed by atoms with E-state index in [1.165, 1.54) is 0 Å². The number of nitrogens with one attached hydrogen (secondary N) is 2. The number of rotatable bonds is 2. The molecule has 0 bridgehead atoms. The van der Waals surface area contributed by atoms with E-state index >= 15 is 0 Å². The Hall–Kier alpha value is -3.44. The highest BCUT2D eigenvalue weighted by atomic mass is 19.4. The number of alkyl halides is 6. The van der Waals surface area contributed by atoms with Crippen LogP contribution >= 0.6 is 0 Å². The number of aromatic nitrogens is 2. The molecule has 0 fully saturated rings. The minimum absolute atomic E-state index is 0.0135. The van der Waals surface area contributed by atoms with Gasteiger partial charge in [0.2, 0.25) is 0 Å². The summed E-state index contributed by atoms with van der Waals surface area (Å²) in [7, 11) is 0. The first-order valence-electron chi connectivity index (χ1n) is 7.48. The zero-order valence-electron chi connectivity index (χ0n) is 13.6. The Labute approximate surface area is 151 Å². The highest BCUT2D eigenvalue weighted by molar-refractivity contribution is 5.81. The van der Waals surface area contributed by atoms with Crippen molar-refractivity contribution in [3.8, 4) is 0 Å². The van der Waals surface area contributed by atoms with Gasteiger partial charge in [0.15, 0.2) is 0 Å². The molecule has 148 valence electrons. The number of halogens is 6. The predicted molar refractivity (Wildman–Crippen MR) is 88.7 cm³/mol. The van der Waals surface area contributed by atoms with E-state index in [1.54, 1.807) is 0 Å². The van der Waals surface area contributed by atoms with Crippen molar-refractivity contribution < 1.29 is 26.3 Å². The zero-order chi connectivity index (χ0) is 20.9. The molecule has 12 heteroatoms. The molecule has 0 atom stereocenters. The number of H-pyrrole nitrogens is 1. The highest BCUT2D eigenvalue weighted by Gasteiger charge is 2.34. The van der Waals surface area contributed by atoms with E-state index in [0.717, 1.165) is 30.3 Å². The molecule has 0 aliphatic carbocycles. The van der Waals surface area contributed by atoms with Gasteiger partial charge in [0, 0.05) is 5.69 Å². The van der Waals surface area contributed by atoms with Gasteiger partial charge in [0.1, 0.15) is 0 Å². The lowest BCUT2D eigenvalue weighted by atomic mass is 10.1. The SMILES string of the molecule is Nc1cc2c(cc1C(F)(F)F)[nH]c(=O)c(=O)n2Nc1ccc(C(F)(F)F)cc1. The van der Waals surface area contributed by atoms with Crippen LogP contribution in [0.5, 0.6) is 0 Å². The molecule has 3 rings (SSSR count). The van der Waals surface area contributed by atoms with Crippen molar-refractivity contribution >= 4 is 22.4 Å². The van der Waals surface area contributed by atoms with Gasteiger partial charge >= 0.3 is 23.5 Å². The summed E-state index contributed by atoms with van der Waals surface area (Å²) < 4.78 is 77.4. The van der Waals surface area contributed by atoms with Crippen LogP contribution in [-0.4, -0.2) is 9.66 Å². The van der Waals surface area contributed by atoms with Crippen molar-refractivity contribution in [2.45, 2.75) is 12.4 Å². The smallest absolute Gasteiger partial charge is 0.398 e. The fourth-order valence-corrected chi connectivity index (χ4v) is 2.50. The molecular formula is C16H10F6N4O2. The minimum atomic E-state index is -4.79. The highest BCUT2D eigenvalue weighted by Crippen LogP contribution is 2.35. The number of aromatic amines is 1. The normalized spacial score (nSPS) is 12.4. The largest absolute Gasteiger partial charge is 0.418 e. The minimum Gasteiger partial charge on any atom is -0.398 e. The van der Waals surface area contributed by atoms with Crippen LogP contribution in [-0.2, 0) is 12.4 Å². The third kappa shape index (κ3) is 3.52. The Kier molecular flexibility index (Phi) is 4.36. The van der Waals surface area contributed by atoms with E-state index in [2.05, 4.69) is 5.43 Å². The Bertz CT molecular complexity index is 1160. The van der Waals surface area contributed by atoms with E-state index in [4.69, 9.17) is 5.73 Å². The van der Waals surface area contributed by atoms with Gasteiger partial charge in [-0.1, -0.05) is 0 Å². The summed E-state index contributed by atoms with van der Waals surface area (Å²) in [5.41, 5.74) is 1.98. The molecule has 0 unspecified atom stereocenters. The number of hydrogen-bond acceptors (Lipinski definition) is 4. The summed E-state index contributed by atoms with van der Waals surface area (Å²) in [5, 5.41) is 0. The van der Waals surface area contributed by atoms with Crippen LogP contribution in [0.15, 0.2) is 46.0 Å². The van der Waals surface area contributed by atoms with Crippen molar-refractivity contribution in [3.63, 3.8) is 0 Å². The van der Waals surface area contributed by atoms with Crippen molar-refractivity contribution in [1.29, 1.82) is 0 Å². The third-order valence-electron chi connectivity index (χ3n) is 3.81. The number of nitrogen functional groups attached to an aromatic ring is 1. The molecule has 1 heterocycles. The summed E-state index contributed by atoms with van der Waals surface area (Å²) in [6.07, 6.45) is -9.37. The van der Waals surface area contributed by atoms with Gasteiger partial charge in [-0.15, -0.1) is 0 Å². The Balaban J connectivity index is 2.15. The molecule has 6 nitrogen and oxygen atoms in total. The van der Waals surface area contributed by atoms with Crippen LogP contribution in [0.1, 0.15) is 11.1 Å². The molecular weight excluding hydrogens is 394 g/mol. The molecule has 0 saturated heterocycles. The topological polar surface area (TPSA) is 92.9 Å². The van der Waals surface area contributed by atoms with Crippen LogP contribution in [0, 0.1) is 0 Å². The van der Waals surface area contributed by atoms with E-state index in [9.17, 15) is 35.9 Å². The molecule has 0 saturated carbocycles. The molecule has 4 N–H and O–H groups in total. The number of fused-ring (bicyclic) bond motifs is 1. The lowest BCUT2D eigenvalue weighted by Crippen LogP contribution is -2.39. The van der Waals surface area contributed by atoms with Gasteiger partial charge < -0.3 is 10.7 Å². The van der Waals surface area contributed by atoms with Crippen LogP contribution in [0.3, 0.4) is 0 Å². The van der Waals surface area contributed by atoms with E-state index < -0.39 is 40.3 Å². The van der Waals surface area contributed by atoms with Gasteiger partial charge in [0.25, 0.3) is 0 Å². The lowest BCUT2D eigenvalue weighted by Gasteiger charge is -2.16. The number of anilines is 2. The summed E-state index contributed by atoms with van der Waals surface area (Å²) in [5.74, 6) is 0. The van der Waals surface area contributed by atoms with Crippen molar-refractivity contribution in [3.05, 3.63) is 68.2 Å². The van der Waals surface area contributed by atoms with Crippen LogP contribution < -0.4 is 22.3 Å². The quantitative estimate of drug-likeness (QED) is 0.348. The van der Waals surface area contributed by atoms with Gasteiger partial charge in [0.05, 0.1) is 27.8 Å². The number of hydrogen-bond donors (Lipinski definition) is 3. The molecule has 0 spiro atoms. The maximum atomic E-state index is 13.0. The van der Waals surface area contributed by atoms with Crippen molar-refractivity contribution in [2.75, 3.05) is 11.2 Å². The fraction of sp³-hybridized carbons (Fsp3) is 0.125. The average Bonchev–Trinajstić information content (AvgIpc) is 2.58. The first-order chi connectivity index (χ1) is 12.9. The van der Waals surface area contributed by atoms with Crippen LogP contribution in [0.4, 0.5) is 37.7 Å². The standard InChI is InChI=1S/C16H10F6N4O2/c17-15(18,19)7-1-3-8(4-2-7)25-26-12-6-10(23)9(16(20,21)22)5-11(12)24-13(27)14(26)28/h1-6,25H,23H2,(H,24,27). The first kappa shape index (κ1) is 19.3. The van der Waals surface area contributed by atoms with E-state index in [-0.39, 0.29) is 16.7 Å². The van der Waals surface area contributed by atoms with Gasteiger partial charge in [-0.05, 0) is 36.4 Å². The molecule has 2 aromatic carbocycles. The van der Waals surface area contributed by atoms with E-state index in [0.29, 0.717) is 10.7 Å². The third-order valence-corrected chi connectivity index (χ3v) is 3.81. The number of benzene rings is 2. The number of nitrogens with zero attached hydrogens (tertiary/aromatic N) is 1. The Morgan fingerprint density at radius 1 is 0.929 bits per heavy atom. The van der Waals surface area contributed by atoms with Crippen molar-refractivity contribution in [1.82, 2.24) is 9.66 Å². The van der Waals surface area contributed by atoms with Crippen molar-refractivity contribution in [2.24, 2.45) is 0 Å². The molecule has 3 aromatic rings. The predicted octanol–water partition coefficient (Wildman–Crippen LogP) is 3.18. The van der Waals surface area contributed by atoms with Crippen LogP contribution in [0.2, 0.25) is 0 Å². The summed E-state index contributed by atoms with van der Waals surface area (Å²) in [4.78, 5) is 25.9. The zero-order valence-corrected chi connectivity index (χ0v) is 13.6. The second-order valence-corrected chi connectivity index (χ2v) is 5.74. The summed E-state index contributed by atoms with van der Waals surface area (Å²) >= 11 is 0. The summed E-state index contributed by atoms with van der Waals surface area (Å²) in [6.45, 7) is 0. The number of nitrogens with two attached hydrogens (primary N) is 1. The molecule has 0 amide bonds.